The first-order valence-corrected chi connectivity index (χ1v) is 17.1. The summed E-state index contributed by atoms with van der Waals surface area (Å²) in [7, 11) is 0. The van der Waals surface area contributed by atoms with Gasteiger partial charge in [-0.05, 0) is 79.1 Å². The molecule has 4 N–H and O–H groups in total. The predicted molar refractivity (Wildman–Crippen MR) is 196 cm³/mol. The van der Waals surface area contributed by atoms with Crippen molar-refractivity contribution >= 4 is 23.4 Å². The number of rotatable bonds is 15. The van der Waals surface area contributed by atoms with Crippen molar-refractivity contribution in [1.29, 1.82) is 0 Å². The Hall–Kier alpha value is -5.77. The summed E-state index contributed by atoms with van der Waals surface area (Å²) in [6.45, 7) is 10.1. The Labute approximate surface area is 298 Å². The normalized spacial score (nSPS) is 13.4. The molecule has 0 bridgehead atoms. The Morgan fingerprint density at radius 3 is 2.27 bits per heavy atom. The smallest absolute Gasteiger partial charge is 0.260 e. The summed E-state index contributed by atoms with van der Waals surface area (Å²) in [5, 5.41) is 33.3. The van der Waals surface area contributed by atoms with Gasteiger partial charge in [-0.1, -0.05) is 68.1 Å². The Morgan fingerprint density at radius 1 is 0.902 bits per heavy atom. The summed E-state index contributed by atoms with van der Waals surface area (Å²) in [5.41, 5.74) is 5.29. The number of hydrogen-bond donors (Lipinski definition) is 4. The molecule has 0 radical (unpaired) electrons. The second-order valence-electron chi connectivity index (χ2n) is 13.1. The number of carbonyl (C=O) groups excluding carboxylic acids is 3. The van der Waals surface area contributed by atoms with E-state index < -0.39 is 0 Å². The summed E-state index contributed by atoms with van der Waals surface area (Å²) in [6, 6.07) is 24.4. The highest BCUT2D eigenvalue weighted by atomic mass is 16.5. The molecule has 10 heteroatoms. The zero-order valence-corrected chi connectivity index (χ0v) is 29.3. The van der Waals surface area contributed by atoms with Crippen LogP contribution >= 0.6 is 0 Å². The van der Waals surface area contributed by atoms with Gasteiger partial charge in [-0.15, -0.1) is 0 Å². The molecule has 4 aromatic rings. The van der Waals surface area contributed by atoms with Gasteiger partial charge in [-0.3, -0.25) is 14.4 Å². The second kappa shape index (κ2) is 16.3. The molecular weight excluding hydrogens is 646 g/mol. The molecule has 5 rings (SSSR count). The lowest BCUT2D eigenvalue weighted by Gasteiger charge is -2.32. The Bertz CT molecular complexity index is 1850. The third kappa shape index (κ3) is 9.08. The molecule has 51 heavy (non-hydrogen) atoms. The summed E-state index contributed by atoms with van der Waals surface area (Å²) >= 11 is 0. The van der Waals surface area contributed by atoms with Gasteiger partial charge in [0.25, 0.3) is 11.8 Å². The lowest BCUT2D eigenvalue weighted by atomic mass is 9.93. The number of fused-ring (bicyclic) bond motifs is 1. The zero-order valence-electron chi connectivity index (χ0n) is 29.3. The van der Waals surface area contributed by atoms with Gasteiger partial charge < -0.3 is 35.2 Å². The molecule has 3 amide bonds. The zero-order chi connectivity index (χ0) is 36.7. The van der Waals surface area contributed by atoms with Crippen molar-refractivity contribution < 1.29 is 34.4 Å². The molecule has 1 unspecified atom stereocenters. The van der Waals surface area contributed by atoms with Crippen LogP contribution in [0.1, 0.15) is 51.5 Å². The van der Waals surface area contributed by atoms with Crippen LogP contribution in [0.5, 0.6) is 23.0 Å². The average Bonchev–Trinajstić information content (AvgIpc) is 3.34. The van der Waals surface area contributed by atoms with E-state index in [1.54, 1.807) is 41.0 Å². The molecule has 0 spiro atoms. The molecule has 2 atom stereocenters. The maximum atomic E-state index is 13.8. The molecule has 0 aromatic heterocycles. The van der Waals surface area contributed by atoms with E-state index in [2.05, 4.69) is 11.9 Å². The molecule has 0 aliphatic carbocycles. The number of carbonyl (C=O) groups is 3. The van der Waals surface area contributed by atoms with Crippen molar-refractivity contribution in [2.45, 2.75) is 46.1 Å². The molecule has 0 saturated heterocycles. The van der Waals surface area contributed by atoms with Crippen molar-refractivity contribution in [3.05, 3.63) is 125 Å². The van der Waals surface area contributed by atoms with Gasteiger partial charge in [0.15, 0.2) is 18.1 Å². The number of ether oxygens (including phenoxy) is 1. The quantitative estimate of drug-likeness (QED) is 0.125. The van der Waals surface area contributed by atoms with Crippen LogP contribution in [0.15, 0.2) is 91.5 Å². The van der Waals surface area contributed by atoms with E-state index in [-0.39, 0.29) is 78.8 Å². The fourth-order valence-electron chi connectivity index (χ4n) is 6.48. The number of phenolic OH excluding ortho intramolecular Hbond substituents is 3. The Morgan fingerprint density at radius 2 is 1.59 bits per heavy atom. The van der Waals surface area contributed by atoms with Crippen molar-refractivity contribution in [2.75, 3.05) is 26.2 Å². The number of aromatic hydroxyl groups is 3. The molecule has 1 aliphatic heterocycles. The van der Waals surface area contributed by atoms with Crippen molar-refractivity contribution in [3.63, 3.8) is 0 Å². The molecule has 10 nitrogen and oxygen atoms in total. The SMILES string of the molecule is C=C1c2ccccc2C(=O)N1CCC(=O)N[C@@H](Cc1ccccc1)C(C)CN(CCc1ccc(O)cc1C)C(=O)COc1c(C)cc(O)cc1O. The fourth-order valence-corrected chi connectivity index (χ4v) is 6.48. The molecule has 4 aromatic carbocycles. The minimum Gasteiger partial charge on any atom is -0.508 e. The summed E-state index contributed by atoms with van der Waals surface area (Å²) in [6.07, 6.45) is 1.10. The lowest BCUT2D eigenvalue weighted by molar-refractivity contribution is -0.134. The van der Waals surface area contributed by atoms with Crippen LogP contribution in [0.25, 0.3) is 5.70 Å². The van der Waals surface area contributed by atoms with E-state index in [1.807, 2.05) is 62.4 Å². The predicted octanol–water partition coefficient (Wildman–Crippen LogP) is 5.75. The highest BCUT2D eigenvalue weighted by Crippen LogP contribution is 2.34. The van der Waals surface area contributed by atoms with Crippen LogP contribution in [0.4, 0.5) is 0 Å². The number of hydrogen-bond acceptors (Lipinski definition) is 7. The van der Waals surface area contributed by atoms with Gasteiger partial charge in [0, 0.05) is 55.0 Å². The molecule has 1 heterocycles. The van der Waals surface area contributed by atoms with E-state index in [9.17, 15) is 29.7 Å². The topological polar surface area (TPSA) is 140 Å². The van der Waals surface area contributed by atoms with Crippen molar-refractivity contribution in [3.8, 4) is 23.0 Å². The maximum absolute atomic E-state index is 13.8. The number of nitrogens with zero attached hydrogens (tertiary/aromatic N) is 2. The van der Waals surface area contributed by atoms with Crippen molar-refractivity contribution in [1.82, 2.24) is 15.1 Å². The number of aryl methyl sites for hydroxylation is 2. The largest absolute Gasteiger partial charge is 0.508 e. The Balaban J connectivity index is 1.31. The van der Waals surface area contributed by atoms with Gasteiger partial charge in [0.1, 0.15) is 11.5 Å². The molecule has 0 saturated carbocycles. The Kier molecular flexibility index (Phi) is 11.7. The minimum atomic E-state index is -0.357. The monoisotopic (exact) mass is 691 g/mol. The van der Waals surface area contributed by atoms with Crippen LogP contribution in [0.2, 0.25) is 0 Å². The van der Waals surface area contributed by atoms with Crippen LogP contribution < -0.4 is 10.1 Å². The van der Waals surface area contributed by atoms with Gasteiger partial charge >= 0.3 is 0 Å². The molecule has 1 aliphatic rings. The summed E-state index contributed by atoms with van der Waals surface area (Å²) in [5.74, 6) is -1.04. The van der Waals surface area contributed by atoms with E-state index in [0.29, 0.717) is 36.2 Å². The maximum Gasteiger partial charge on any atom is 0.260 e. The summed E-state index contributed by atoms with van der Waals surface area (Å²) in [4.78, 5) is 43.6. The van der Waals surface area contributed by atoms with Gasteiger partial charge in [-0.2, -0.15) is 0 Å². The van der Waals surface area contributed by atoms with Gasteiger partial charge in [-0.25, -0.2) is 0 Å². The molecule has 0 fully saturated rings. The highest BCUT2D eigenvalue weighted by molar-refractivity contribution is 6.08. The van der Waals surface area contributed by atoms with Crippen molar-refractivity contribution in [2.24, 2.45) is 5.92 Å². The first-order chi connectivity index (χ1) is 24.4. The number of amides is 3. The van der Waals surface area contributed by atoms with Gasteiger partial charge in [0.05, 0.1) is 0 Å². The molecular formula is C41H45N3O7. The fraction of sp³-hybridized carbons (Fsp3) is 0.293. The summed E-state index contributed by atoms with van der Waals surface area (Å²) < 4.78 is 5.79. The first-order valence-electron chi connectivity index (χ1n) is 17.1. The highest BCUT2D eigenvalue weighted by Gasteiger charge is 2.31. The molecule has 266 valence electrons. The average molecular weight is 692 g/mol. The van der Waals surface area contributed by atoms with Crippen LogP contribution in [0, 0.1) is 19.8 Å². The number of nitrogens with one attached hydrogen (secondary N) is 1. The number of benzene rings is 4. The van der Waals surface area contributed by atoms with E-state index in [4.69, 9.17) is 4.74 Å². The first kappa shape index (κ1) is 36.5. The van der Waals surface area contributed by atoms with Crippen LogP contribution in [-0.4, -0.2) is 75.1 Å². The third-order valence-electron chi connectivity index (χ3n) is 9.35. The van der Waals surface area contributed by atoms with Gasteiger partial charge in [0.2, 0.25) is 5.91 Å². The minimum absolute atomic E-state index is 0.0723. The van der Waals surface area contributed by atoms with E-state index in [0.717, 1.165) is 28.3 Å². The third-order valence-corrected chi connectivity index (χ3v) is 9.35. The second-order valence-corrected chi connectivity index (χ2v) is 13.1. The number of phenols is 3. The lowest BCUT2D eigenvalue weighted by Crippen LogP contribution is -2.48. The van der Waals surface area contributed by atoms with Crippen LogP contribution in [-0.2, 0) is 22.4 Å². The standard InChI is InChI=1S/C41H45N3O7/c1-26-20-32(45)15-14-31(26)16-18-43(39(49)25-51-40-27(2)21-33(46)23-37(40)47)24-28(3)36(22-30-10-6-5-7-11-30)42-38(48)17-19-44-29(4)34-12-8-9-13-35(34)41(44)50/h5-15,20-21,23,28,36,45-47H,4,16-19,22,24-25H2,1-3H3,(H,42,48)/t28?,36-/m0/s1. The van der Waals surface area contributed by atoms with E-state index in [1.165, 1.54) is 6.07 Å². The van der Waals surface area contributed by atoms with E-state index >= 15 is 0 Å². The van der Waals surface area contributed by atoms with Crippen LogP contribution in [0.3, 0.4) is 0 Å².